The molecule has 4 nitrogen and oxygen atoms in total. The lowest BCUT2D eigenvalue weighted by atomic mass is 10.6. The quantitative estimate of drug-likeness (QED) is 0.391. The zero-order valence-electron chi connectivity index (χ0n) is 3.68. The molecule has 0 heterocycles. The lowest BCUT2D eigenvalue weighted by Crippen LogP contribution is -2.31. The monoisotopic (exact) mass is 154 g/mol. The number of rotatable bonds is 1. The molecule has 0 saturated heterocycles. The van der Waals surface area contributed by atoms with Crippen LogP contribution in [0.3, 0.4) is 0 Å². The van der Waals surface area contributed by atoms with Crippen molar-refractivity contribution < 1.29 is 9.59 Å². The standard InChI is InChI=1S/C2H3ClN2O2S/c3-8-5-2(7)1(4)6/h(H2,4,6)(H,5,7). The summed E-state index contributed by atoms with van der Waals surface area (Å²) in [6.07, 6.45) is 0. The molecule has 0 aliphatic rings. The molecule has 0 aliphatic carbocycles. The fraction of sp³-hybridized carbons (Fsp3) is 0. The second kappa shape index (κ2) is 3.57. The molecule has 46 valence electrons. The van der Waals surface area contributed by atoms with Gasteiger partial charge in [-0.15, -0.1) is 0 Å². The van der Waals surface area contributed by atoms with Crippen molar-refractivity contribution in [1.82, 2.24) is 4.72 Å². The Balaban J connectivity index is 3.49. The summed E-state index contributed by atoms with van der Waals surface area (Å²) < 4.78 is 1.91. The van der Waals surface area contributed by atoms with Crippen LogP contribution in [0, 0.1) is 0 Å². The van der Waals surface area contributed by atoms with Crippen LogP contribution in [-0.4, -0.2) is 11.8 Å². The fourth-order valence-corrected chi connectivity index (χ4v) is 0.466. The maximum Gasteiger partial charge on any atom is 0.319 e. The van der Waals surface area contributed by atoms with Gasteiger partial charge in [0.2, 0.25) is 0 Å². The summed E-state index contributed by atoms with van der Waals surface area (Å²) in [5, 5.41) is 0. The molecule has 0 aromatic rings. The zero-order valence-corrected chi connectivity index (χ0v) is 5.25. The Morgan fingerprint density at radius 3 is 2.25 bits per heavy atom. The highest BCUT2D eigenvalue weighted by Crippen LogP contribution is 1.96. The molecule has 0 saturated carbocycles. The van der Waals surface area contributed by atoms with Crippen LogP contribution in [-0.2, 0) is 9.59 Å². The van der Waals surface area contributed by atoms with Gasteiger partial charge in [-0.3, -0.25) is 14.3 Å². The highest BCUT2D eigenvalue weighted by molar-refractivity contribution is 8.19. The summed E-state index contributed by atoms with van der Waals surface area (Å²) in [4.78, 5) is 19.9. The molecule has 0 rings (SSSR count). The molecular formula is C2H3ClN2O2S. The summed E-state index contributed by atoms with van der Waals surface area (Å²) in [5.74, 6) is -1.94. The molecule has 0 atom stereocenters. The van der Waals surface area contributed by atoms with Gasteiger partial charge in [0.25, 0.3) is 0 Å². The van der Waals surface area contributed by atoms with Crippen LogP contribution in [0.15, 0.2) is 0 Å². The van der Waals surface area contributed by atoms with Gasteiger partial charge >= 0.3 is 11.8 Å². The molecule has 6 heteroatoms. The lowest BCUT2D eigenvalue weighted by Gasteiger charge is -1.89. The molecule has 0 fully saturated rings. The predicted octanol–water partition coefficient (Wildman–Crippen LogP) is -0.610. The van der Waals surface area contributed by atoms with Gasteiger partial charge in [-0.05, 0) is 10.7 Å². The van der Waals surface area contributed by atoms with Gasteiger partial charge in [0.1, 0.15) is 0 Å². The number of nitrogens with one attached hydrogen (secondary N) is 1. The molecule has 0 aromatic heterocycles. The van der Waals surface area contributed by atoms with Crippen molar-refractivity contribution >= 4 is 33.7 Å². The largest absolute Gasteiger partial charge is 0.361 e. The summed E-state index contributed by atoms with van der Waals surface area (Å²) >= 11 is 0.510. The SMILES string of the molecule is NC(=O)C(=O)NSCl. The van der Waals surface area contributed by atoms with E-state index in [2.05, 4.69) is 5.73 Å². The van der Waals surface area contributed by atoms with Crippen LogP contribution < -0.4 is 10.5 Å². The normalized spacial score (nSPS) is 8.12. The average molecular weight is 155 g/mol. The Morgan fingerprint density at radius 2 is 2.12 bits per heavy atom. The Labute approximate surface area is 54.4 Å². The Morgan fingerprint density at radius 1 is 1.62 bits per heavy atom. The van der Waals surface area contributed by atoms with Crippen LogP contribution in [0.25, 0.3) is 0 Å². The number of carbonyl (C=O) groups is 2. The molecule has 3 N–H and O–H groups in total. The van der Waals surface area contributed by atoms with E-state index in [1.54, 1.807) is 0 Å². The van der Waals surface area contributed by atoms with Crippen molar-refractivity contribution in [3.63, 3.8) is 0 Å². The average Bonchev–Trinajstić information content (AvgIpc) is 1.67. The van der Waals surface area contributed by atoms with Crippen LogP contribution >= 0.6 is 21.8 Å². The van der Waals surface area contributed by atoms with Crippen molar-refractivity contribution in [2.45, 2.75) is 0 Å². The first-order valence-electron chi connectivity index (χ1n) is 1.56. The molecule has 0 radical (unpaired) electrons. The van der Waals surface area contributed by atoms with E-state index in [1.165, 1.54) is 0 Å². The lowest BCUT2D eigenvalue weighted by molar-refractivity contribution is -0.136. The van der Waals surface area contributed by atoms with Crippen LogP contribution in [0.5, 0.6) is 0 Å². The van der Waals surface area contributed by atoms with Gasteiger partial charge in [0, 0.05) is 0 Å². The number of halogens is 1. The molecule has 0 spiro atoms. The highest BCUT2D eigenvalue weighted by atomic mass is 35.7. The molecule has 2 amide bonds. The number of amides is 2. The van der Waals surface area contributed by atoms with Crippen LogP contribution in [0.4, 0.5) is 0 Å². The molecule has 8 heavy (non-hydrogen) atoms. The van der Waals surface area contributed by atoms with E-state index >= 15 is 0 Å². The van der Waals surface area contributed by atoms with Crippen molar-refractivity contribution in [3.05, 3.63) is 0 Å². The third-order valence-corrected chi connectivity index (χ3v) is 0.849. The first-order valence-corrected chi connectivity index (χ1v) is 3.20. The number of hydrogen-bond donors (Lipinski definition) is 2. The fourth-order valence-electron chi connectivity index (χ4n) is 0.0853. The van der Waals surface area contributed by atoms with E-state index in [0.717, 1.165) is 0 Å². The number of primary amides is 1. The Bertz CT molecular complexity index is 117. The summed E-state index contributed by atoms with van der Waals surface area (Å²) in [5.41, 5.74) is 4.50. The third-order valence-electron chi connectivity index (χ3n) is 0.355. The first-order chi connectivity index (χ1) is 3.68. The second-order valence-electron chi connectivity index (χ2n) is 0.873. The minimum absolute atomic E-state index is 0.510. The predicted molar refractivity (Wildman–Crippen MR) is 30.8 cm³/mol. The Hall–Kier alpha value is -0.420. The van der Waals surface area contributed by atoms with E-state index in [9.17, 15) is 9.59 Å². The van der Waals surface area contributed by atoms with Crippen LogP contribution in [0.2, 0.25) is 0 Å². The van der Waals surface area contributed by atoms with Crippen LogP contribution in [0.1, 0.15) is 0 Å². The van der Waals surface area contributed by atoms with Crippen molar-refractivity contribution in [2.75, 3.05) is 0 Å². The smallest absolute Gasteiger partial charge is 0.319 e. The highest BCUT2D eigenvalue weighted by Gasteiger charge is 2.05. The molecule has 0 unspecified atom stereocenters. The maximum absolute atomic E-state index is 10.1. The van der Waals surface area contributed by atoms with Crippen molar-refractivity contribution in [3.8, 4) is 0 Å². The number of carbonyl (C=O) groups excluding carboxylic acids is 2. The third kappa shape index (κ3) is 2.70. The summed E-state index contributed by atoms with van der Waals surface area (Å²) in [6.45, 7) is 0. The topological polar surface area (TPSA) is 72.2 Å². The molecule has 0 aliphatic heterocycles. The van der Waals surface area contributed by atoms with Gasteiger partial charge in [-0.2, -0.15) is 0 Å². The molecule has 0 bridgehead atoms. The van der Waals surface area contributed by atoms with Gasteiger partial charge in [0.05, 0.1) is 11.2 Å². The Kier molecular flexibility index (Phi) is 3.38. The number of nitrogens with two attached hydrogens (primary N) is 1. The zero-order chi connectivity index (χ0) is 6.57. The summed E-state index contributed by atoms with van der Waals surface area (Å²) in [7, 11) is 4.92. The minimum Gasteiger partial charge on any atom is -0.361 e. The van der Waals surface area contributed by atoms with E-state index in [4.69, 9.17) is 10.7 Å². The van der Waals surface area contributed by atoms with Crippen molar-refractivity contribution in [1.29, 1.82) is 0 Å². The van der Waals surface area contributed by atoms with Gasteiger partial charge in [-0.1, -0.05) is 0 Å². The van der Waals surface area contributed by atoms with E-state index < -0.39 is 11.8 Å². The second-order valence-corrected chi connectivity index (χ2v) is 1.69. The first kappa shape index (κ1) is 7.58. The van der Waals surface area contributed by atoms with E-state index in [-0.39, 0.29) is 0 Å². The van der Waals surface area contributed by atoms with Gasteiger partial charge < -0.3 is 5.73 Å². The van der Waals surface area contributed by atoms with E-state index in [1.807, 2.05) is 4.72 Å². The maximum atomic E-state index is 10.1. The summed E-state index contributed by atoms with van der Waals surface area (Å²) in [6, 6.07) is 0. The van der Waals surface area contributed by atoms with Gasteiger partial charge in [0.15, 0.2) is 0 Å². The number of hydrogen-bond acceptors (Lipinski definition) is 3. The molecular weight excluding hydrogens is 152 g/mol. The minimum atomic E-state index is -1.04. The van der Waals surface area contributed by atoms with Crippen molar-refractivity contribution in [2.24, 2.45) is 5.73 Å². The van der Waals surface area contributed by atoms with E-state index in [0.29, 0.717) is 11.2 Å². The van der Waals surface area contributed by atoms with Gasteiger partial charge in [-0.25, -0.2) is 0 Å². The molecule has 0 aromatic carbocycles.